The molecule has 0 radical (unpaired) electrons. The number of aromatic nitrogens is 3. The number of aliphatic hydroxyl groups excluding tert-OH is 3. The molecule has 3 heterocycles. The molecular weight excluding hydrogens is 1320 g/mol. The molecule has 1 unspecified atom stereocenters. The SMILES string of the molecule is CC(C)C(C(=O)O)c1ccc([C@@H](CO)NC(=O)c2cc3c(Cl)c(Cl)ccc3n2C)cc1.CC(C)[C@@H](C(=O)O)c1ccc([C@@H](CO)NC(=O)c2cc3c(Cl)c(Cl)ccc3n2C)cc1.CC(C)[C@H](C(=O)O)c1ccc([C@@H](CO)NC(=O)c2cc3c(Cl)c(Cl)ccc3n2C)cc1. The van der Waals surface area contributed by atoms with Crippen LogP contribution in [0, 0.1) is 17.8 Å². The van der Waals surface area contributed by atoms with Crippen molar-refractivity contribution in [1.29, 1.82) is 0 Å². The zero-order valence-electron chi connectivity index (χ0n) is 52.2. The molecule has 9 N–H and O–H groups in total. The molecule has 0 aliphatic heterocycles. The largest absolute Gasteiger partial charge is 0.481 e. The van der Waals surface area contributed by atoms with Gasteiger partial charge in [-0.25, -0.2) is 0 Å². The number of hydrogen-bond donors (Lipinski definition) is 9. The molecule has 0 bridgehead atoms. The number of aliphatic hydroxyl groups is 3. The van der Waals surface area contributed by atoms with Crippen molar-refractivity contribution in [2.45, 2.75) is 77.4 Å². The van der Waals surface area contributed by atoms with Gasteiger partial charge in [-0.3, -0.25) is 28.8 Å². The summed E-state index contributed by atoms with van der Waals surface area (Å²) in [6.07, 6.45) is 0. The smallest absolute Gasteiger partial charge is 0.311 e. The van der Waals surface area contributed by atoms with Gasteiger partial charge in [0.05, 0.1) is 85.8 Å². The second-order valence-electron chi connectivity index (χ2n) is 23.5. The van der Waals surface area contributed by atoms with Crippen molar-refractivity contribution in [3.8, 4) is 0 Å². The van der Waals surface area contributed by atoms with Gasteiger partial charge in [-0.2, -0.15) is 0 Å². The van der Waals surface area contributed by atoms with Crippen LogP contribution < -0.4 is 16.0 Å². The molecule has 93 heavy (non-hydrogen) atoms. The number of amides is 3. The molecule has 24 heteroatoms. The quantitative estimate of drug-likeness (QED) is 0.0325. The van der Waals surface area contributed by atoms with Crippen molar-refractivity contribution in [3.63, 3.8) is 0 Å². The highest BCUT2D eigenvalue weighted by molar-refractivity contribution is 6.46. The van der Waals surface area contributed by atoms with Gasteiger partial charge in [-0.05, 0) is 106 Å². The first-order valence-corrected chi connectivity index (χ1v) is 31.8. The second kappa shape index (κ2) is 31.5. The Morgan fingerprint density at radius 2 is 0.559 bits per heavy atom. The first kappa shape index (κ1) is 72.8. The van der Waals surface area contributed by atoms with Gasteiger partial charge in [0, 0.05) is 53.9 Å². The lowest BCUT2D eigenvalue weighted by Crippen LogP contribution is -2.32. The molecule has 492 valence electrons. The van der Waals surface area contributed by atoms with E-state index < -0.39 is 53.8 Å². The second-order valence-corrected chi connectivity index (χ2v) is 25.8. The number of carboxylic acids is 3. The minimum atomic E-state index is -0.885. The third-order valence-electron chi connectivity index (χ3n) is 16.4. The summed E-state index contributed by atoms with van der Waals surface area (Å²) in [5, 5.41) is 70.8. The van der Waals surface area contributed by atoms with E-state index in [1.165, 1.54) is 0 Å². The molecule has 0 saturated carbocycles. The molecule has 0 fully saturated rings. The van der Waals surface area contributed by atoms with E-state index in [1.807, 2.05) is 41.5 Å². The molecule has 6 aromatic carbocycles. The number of carboxylic acid groups (broad SMARTS) is 3. The van der Waals surface area contributed by atoms with Crippen LogP contribution in [0.15, 0.2) is 127 Å². The first-order valence-electron chi connectivity index (χ1n) is 29.5. The summed E-state index contributed by atoms with van der Waals surface area (Å²) >= 11 is 37.0. The number of carbonyl (C=O) groups is 6. The van der Waals surface area contributed by atoms with Crippen molar-refractivity contribution in [2.24, 2.45) is 38.9 Å². The predicted molar refractivity (Wildman–Crippen MR) is 366 cm³/mol. The van der Waals surface area contributed by atoms with Gasteiger partial charge in [0.25, 0.3) is 17.7 Å². The van der Waals surface area contributed by atoms with Gasteiger partial charge < -0.3 is 60.3 Å². The molecule has 0 saturated heterocycles. The van der Waals surface area contributed by atoms with Gasteiger partial charge in [-0.15, -0.1) is 0 Å². The molecule has 9 rings (SSSR count). The Labute approximate surface area is 567 Å². The summed E-state index contributed by atoms with van der Waals surface area (Å²) in [6.45, 7) is 10.2. The van der Waals surface area contributed by atoms with Gasteiger partial charge in [-0.1, -0.05) is 184 Å². The van der Waals surface area contributed by atoms with E-state index in [-0.39, 0.29) is 55.3 Å². The standard InChI is InChI=1S/3C23H24Cl2N2O4/c3*1-12(2)20(23(30)31)14-6-4-13(5-7-14)17(11-28)26-22(29)19-10-15-18(27(19)3)9-8-16(24)21(15)25/h3*4-10,12,17,20,28H,11H2,1-3H3,(H,26,29)(H,30,31)/t17-,20?;17-,20+;17-,20-/m111/s1. The van der Waals surface area contributed by atoms with Crippen LogP contribution in [0.2, 0.25) is 30.1 Å². The number of fused-ring (bicyclic) bond motifs is 3. The topological polar surface area (TPSA) is 275 Å². The van der Waals surface area contributed by atoms with Crippen LogP contribution in [0.5, 0.6) is 0 Å². The van der Waals surface area contributed by atoms with Crippen molar-refractivity contribution in [3.05, 3.63) is 208 Å². The Morgan fingerprint density at radius 3 is 0.742 bits per heavy atom. The van der Waals surface area contributed by atoms with Crippen molar-refractivity contribution in [2.75, 3.05) is 19.8 Å². The normalized spacial score (nSPS) is 13.4. The molecular formula is C69H72Cl6N6O12. The number of halogens is 6. The number of aliphatic carboxylic acids is 3. The maximum Gasteiger partial charge on any atom is 0.311 e. The van der Waals surface area contributed by atoms with Crippen LogP contribution in [0.1, 0.15) is 142 Å². The van der Waals surface area contributed by atoms with E-state index in [0.717, 1.165) is 16.6 Å². The third-order valence-corrected chi connectivity index (χ3v) is 18.9. The number of nitrogens with one attached hydrogen (secondary N) is 3. The van der Waals surface area contributed by atoms with Crippen molar-refractivity contribution in [1.82, 2.24) is 29.7 Å². The van der Waals surface area contributed by atoms with Crippen LogP contribution >= 0.6 is 69.6 Å². The molecule has 3 amide bonds. The van der Waals surface area contributed by atoms with E-state index in [0.29, 0.717) is 96.8 Å². The monoisotopic (exact) mass is 1390 g/mol. The number of hydrogen-bond acceptors (Lipinski definition) is 9. The average Bonchev–Trinajstić information content (AvgIpc) is 1.65. The Bertz CT molecular complexity index is 3800. The zero-order valence-corrected chi connectivity index (χ0v) is 56.7. The van der Waals surface area contributed by atoms with Crippen molar-refractivity contribution >= 4 is 138 Å². The van der Waals surface area contributed by atoms with Gasteiger partial charge >= 0.3 is 17.9 Å². The Hall–Kier alpha value is -7.62. The fourth-order valence-electron chi connectivity index (χ4n) is 11.3. The molecule has 6 atom stereocenters. The van der Waals surface area contributed by atoms with Crippen LogP contribution in [0.4, 0.5) is 0 Å². The molecule has 3 aromatic heterocycles. The fraction of sp³-hybridized carbons (Fsp3) is 0.304. The number of aryl methyl sites for hydroxylation is 3. The Kier molecular flexibility index (Phi) is 24.7. The van der Waals surface area contributed by atoms with Crippen LogP contribution in [-0.2, 0) is 35.5 Å². The van der Waals surface area contributed by atoms with E-state index in [1.54, 1.807) is 162 Å². The average molecular weight is 1390 g/mol. The summed E-state index contributed by atoms with van der Waals surface area (Å²) in [5.41, 5.74) is 7.46. The third kappa shape index (κ3) is 16.3. The summed E-state index contributed by atoms with van der Waals surface area (Å²) in [7, 11) is 5.26. The van der Waals surface area contributed by atoms with Gasteiger partial charge in [0.2, 0.25) is 0 Å². The summed E-state index contributed by atoms with van der Waals surface area (Å²) in [4.78, 5) is 73.5. The highest BCUT2D eigenvalue weighted by Gasteiger charge is 2.29. The van der Waals surface area contributed by atoms with E-state index in [2.05, 4.69) is 16.0 Å². The Balaban J connectivity index is 0.000000198. The maximum atomic E-state index is 12.9. The molecule has 18 nitrogen and oxygen atoms in total. The molecule has 0 aliphatic rings. The number of carbonyl (C=O) groups excluding carboxylic acids is 3. The summed E-state index contributed by atoms with van der Waals surface area (Å²) < 4.78 is 5.14. The zero-order chi connectivity index (χ0) is 68.6. The highest BCUT2D eigenvalue weighted by atomic mass is 35.5. The van der Waals surface area contributed by atoms with Crippen LogP contribution in [0.25, 0.3) is 32.7 Å². The van der Waals surface area contributed by atoms with Gasteiger partial charge in [0.15, 0.2) is 0 Å². The lowest BCUT2D eigenvalue weighted by atomic mass is 9.88. The minimum Gasteiger partial charge on any atom is -0.481 e. The number of nitrogens with zero attached hydrogens (tertiary/aromatic N) is 3. The Morgan fingerprint density at radius 1 is 0.355 bits per heavy atom. The molecule has 0 aliphatic carbocycles. The lowest BCUT2D eigenvalue weighted by Gasteiger charge is -2.20. The predicted octanol–water partition coefficient (Wildman–Crippen LogP) is 14.3. The van der Waals surface area contributed by atoms with Crippen LogP contribution in [-0.4, -0.2) is 99.8 Å². The molecule has 0 spiro atoms. The fourth-order valence-corrected chi connectivity index (χ4v) is 12.5. The van der Waals surface area contributed by atoms with E-state index in [9.17, 15) is 59.4 Å². The summed E-state index contributed by atoms with van der Waals surface area (Å²) in [6, 6.07) is 34.1. The van der Waals surface area contributed by atoms with Crippen molar-refractivity contribution < 1.29 is 59.4 Å². The van der Waals surface area contributed by atoms with Crippen LogP contribution in [0.3, 0.4) is 0 Å². The minimum absolute atomic E-state index is 0.0662. The summed E-state index contributed by atoms with van der Waals surface area (Å²) in [5.74, 6) is -5.84. The van der Waals surface area contributed by atoms with E-state index in [4.69, 9.17) is 69.6 Å². The first-order chi connectivity index (χ1) is 43.9. The number of benzene rings is 6. The number of rotatable bonds is 21. The molecule has 9 aromatic rings. The maximum absolute atomic E-state index is 12.9. The van der Waals surface area contributed by atoms with Gasteiger partial charge in [0.1, 0.15) is 17.1 Å². The lowest BCUT2D eigenvalue weighted by molar-refractivity contribution is -0.140. The van der Waals surface area contributed by atoms with E-state index >= 15 is 0 Å². The highest BCUT2D eigenvalue weighted by Crippen LogP contribution is 2.37.